The summed E-state index contributed by atoms with van der Waals surface area (Å²) in [4.78, 5) is 13.8. The van der Waals surface area contributed by atoms with Gasteiger partial charge in [0.1, 0.15) is 6.11 Å². The zero-order valence-electron chi connectivity index (χ0n) is 13.4. The largest absolute Gasteiger partial charge is 0.421 e. The quantitative estimate of drug-likeness (QED) is 0.792. The van der Waals surface area contributed by atoms with Crippen molar-refractivity contribution in [1.29, 1.82) is 0 Å². The van der Waals surface area contributed by atoms with E-state index >= 15 is 0 Å². The Balaban J connectivity index is 2.46. The molecule has 1 atom stereocenters. The van der Waals surface area contributed by atoms with Gasteiger partial charge in [0.2, 0.25) is 0 Å². The predicted octanol–water partition coefficient (Wildman–Crippen LogP) is 2.21. The van der Waals surface area contributed by atoms with Crippen LogP contribution in [-0.2, 0) is 4.74 Å². The summed E-state index contributed by atoms with van der Waals surface area (Å²) in [6, 6.07) is 0.0733. The fraction of sp³-hybridized carbons (Fsp3) is 0.611. The van der Waals surface area contributed by atoms with Crippen molar-refractivity contribution in [2.24, 2.45) is 5.92 Å². The second-order valence-corrected chi connectivity index (χ2v) is 5.85. The molecule has 4 nitrogen and oxygen atoms in total. The average Bonchev–Trinajstić information content (AvgIpc) is 2.47. The molecule has 0 aromatic heterocycles. The highest BCUT2D eigenvalue weighted by Gasteiger charge is 2.21. The Bertz CT molecular complexity index is 505. The van der Waals surface area contributed by atoms with Crippen molar-refractivity contribution in [3.05, 3.63) is 0 Å². The van der Waals surface area contributed by atoms with Gasteiger partial charge in [-0.1, -0.05) is 32.1 Å². The van der Waals surface area contributed by atoms with Crippen LogP contribution >= 0.6 is 0 Å². The number of amides is 1. The van der Waals surface area contributed by atoms with E-state index in [4.69, 9.17) is 11.2 Å². The van der Waals surface area contributed by atoms with Gasteiger partial charge in [-0.3, -0.25) is 0 Å². The number of alkyl carbamates (subject to hydrolysis) is 1. The van der Waals surface area contributed by atoms with E-state index in [-0.39, 0.29) is 6.04 Å². The Morgan fingerprint density at radius 3 is 2.64 bits per heavy atom. The highest BCUT2D eigenvalue weighted by molar-refractivity contribution is 5.69. The second kappa shape index (κ2) is 10.6. The van der Waals surface area contributed by atoms with Crippen molar-refractivity contribution in [2.45, 2.75) is 44.6 Å². The molecule has 0 aliphatic heterocycles. The maximum atomic E-state index is 11.8. The maximum absolute atomic E-state index is 11.8. The molecule has 1 amide bonds. The highest BCUT2D eigenvalue weighted by Crippen LogP contribution is 2.27. The first-order valence-corrected chi connectivity index (χ1v) is 7.69. The van der Waals surface area contributed by atoms with Crippen LogP contribution in [-0.4, -0.2) is 37.7 Å². The Morgan fingerprint density at radius 2 is 2.00 bits per heavy atom. The van der Waals surface area contributed by atoms with Gasteiger partial charge in [0.15, 0.2) is 0 Å². The number of likely N-dealkylation sites (N-methyl/N-ethyl adjacent to an activating group) is 1. The zero-order valence-corrected chi connectivity index (χ0v) is 13.4. The molecular weight excluding hydrogens is 276 g/mol. The van der Waals surface area contributed by atoms with Crippen molar-refractivity contribution in [3.8, 4) is 36.2 Å². The Morgan fingerprint density at radius 1 is 1.27 bits per heavy atom. The standard InChI is InChI=1S/C18H24N2O2/c1-4-5-6-10-13-22-18(21)19-17(15-20(2)3)14-16-11-8-7-9-12-16/h1,16-17H,7-9,11-12,14-15H2,2-3H3,(H,19,21)/t17-/m0/s1. The van der Waals surface area contributed by atoms with E-state index in [1.165, 1.54) is 32.1 Å². The summed E-state index contributed by atoms with van der Waals surface area (Å²) in [6.07, 6.45) is 14.1. The minimum absolute atomic E-state index is 0.0733. The van der Waals surface area contributed by atoms with Crippen LogP contribution in [0.15, 0.2) is 0 Å². The molecule has 0 unspecified atom stereocenters. The minimum atomic E-state index is -0.530. The number of carbonyl (C=O) groups excluding carboxylic acids is 1. The molecule has 118 valence electrons. The number of hydrogen-bond donors (Lipinski definition) is 1. The summed E-state index contributed by atoms with van der Waals surface area (Å²) in [6.45, 7) is 0.788. The van der Waals surface area contributed by atoms with Gasteiger partial charge in [0.25, 0.3) is 0 Å². The van der Waals surface area contributed by atoms with Crippen LogP contribution in [0, 0.1) is 42.1 Å². The van der Waals surface area contributed by atoms with Gasteiger partial charge in [-0.15, -0.1) is 6.42 Å². The van der Waals surface area contributed by atoms with E-state index in [2.05, 4.69) is 40.0 Å². The van der Waals surface area contributed by atoms with Gasteiger partial charge < -0.3 is 15.0 Å². The Kier molecular flexibility index (Phi) is 8.66. The van der Waals surface area contributed by atoms with Gasteiger partial charge in [0.05, 0.1) is 0 Å². The first kappa shape index (κ1) is 18.0. The number of nitrogens with one attached hydrogen (secondary N) is 1. The van der Waals surface area contributed by atoms with Crippen molar-refractivity contribution in [3.63, 3.8) is 0 Å². The molecule has 0 radical (unpaired) electrons. The van der Waals surface area contributed by atoms with Crippen LogP contribution in [0.1, 0.15) is 38.5 Å². The van der Waals surface area contributed by atoms with E-state index < -0.39 is 6.09 Å². The normalized spacial score (nSPS) is 15.5. The Hall–Kier alpha value is -2.09. The van der Waals surface area contributed by atoms with Crippen LogP contribution in [0.25, 0.3) is 0 Å². The fourth-order valence-electron chi connectivity index (χ4n) is 2.81. The van der Waals surface area contributed by atoms with Crippen molar-refractivity contribution >= 4 is 6.09 Å². The lowest BCUT2D eigenvalue weighted by atomic mass is 9.85. The highest BCUT2D eigenvalue weighted by atomic mass is 16.5. The van der Waals surface area contributed by atoms with Gasteiger partial charge in [-0.2, -0.15) is 0 Å². The third-order valence-electron chi connectivity index (χ3n) is 3.64. The van der Waals surface area contributed by atoms with Crippen molar-refractivity contribution in [1.82, 2.24) is 10.2 Å². The summed E-state index contributed by atoms with van der Waals surface area (Å²) in [5.41, 5.74) is 0. The molecule has 0 aromatic carbocycles. The van der Waals surface area contributed by atoms with Crippen molar-refractivity contribution in [2.75, 3.05) is 20.6 Å². The smallest absolute Gasteiger partial charge is 0.355 e. The van der Waals surface area contributed by atoms with E-state index in [1.54, 1.807) is 0 Å². The van der Waals surface area contributed by atoms with Crippen LogP contribution in [0.4, 0.5) is 4.79 Å². The molecule has 0 aromatic rings. The molecule has 1 N–H and O–H groups in total. The number of hydrogen-bond acceptors (Lipinski definition) is 3. The molecule has 1 saturated carbocycles. The van der Waals surface area contributed by atoms with Gasteiger partial charge in [-0.05, 0) is 38.3 Å². The van der Waals surface area contributed by atoms with E-state index in [9.17, 15) is 4.79 Å². The number of carbonyl (C=O) groups is 1. The molecule has 0 heterocycles. The summed E-state index contributed by atoms with van der Waals surface area (Å²) < 4.78 is 4.79. The summed E-state index contributed by atoms with van der Waals surface area (Å²) in [7, 11) is 3.99. The van der Waals surface area contributed by atoms with Gasteiger partial charge >= 0.3 is 6.09 Å². The van der Waals surface area contributed by atoms with Crippen LogP contribution in [0.2, 0.25) is 0 Å². The SMILES string of the molecule is C#CC#CC#COC(=O)N[C@@H](CC1CCCCC1)CN(C)C. The minimum Gasteiger partial charge on any atom is -0.355 e. The summed E-state index contributed by atoms with van der Waals surface area (Å²) >= 11 is 0. The molecule has 0 spiro atoms. The molecule has 1 fully saturated rings. The first-order valence-electron chi connectivity index (χ1n) is 7.69. The second-order valence-electron chi connectivity index (χ2n) is 5.85. The van der Waals surface area contributed by atoms with E-state index in [1.807, 2.05) is 14.1 Å². The molecular formula is C18H24N2O2. The molecule has 22 heavy (non-hydrogen) atoms. The number of terminal acetylenes is 1. The van der Waals surface area contributed by atoms with Crippen molar-refractivity contribution < 1.29 is 9.53 Å². The molecule has 1 rings (SSSR count). The van der Waals surface area contributed by atoms with Crippen LogP contribution < -0.4 is 5.32 Å². The lowest BCUT2D eigenvalue weighted by Crippen LogP contribution is -2.43. The van der Waals surface area contributed by atoms with Crippen LogP contribution in [0.5, 0.6) is 0 Å². The zero-order chi connectivity index (χ0) is 16.2. The summed E-state index contributed by atoms with van der Waals surface area (Å²) in [5.74, 6) is 9.89. The summed E-state index contributed by atoms with van der Waals surface area (Å²) in [5, 5.41) is 2.89. The lowest BCUT2D eigenvalue weighted by molar-refractivity contribution is 0.177. The third kappa shape index (κ3) is 8.25. The number of nitrogens with zero attached hydrogens (tertiary/aromatic N) is 1. The van der Waals surface area contributed by atoms with Gasteiger partial charge in [0, 0.05) is 24.4 Å². The molecule has 4 heteroatoms. The van der Waals surface area contributed by atoms with Gasteiger partial charge in [-0.25, -0.2) is 4.79 Å². The number of ether oxygens (including phenoxy) is 1. The third-order valence-corrected chi connectivity index (χ3v) is 3.64. The number of rotatable bonds is 5. The van der Waals surface area contributed by atoms with E-state index in [0.29, 0.717) is 5.92 Å². The molecule has 0 bridgehead atoms. The maximum Gasteiger partial charge on any atom is 0.421 e. The molecule has 1 aliphatic carbocycles. The average molecular weight is 300 g/mol. The lowest BCUT2D eigenvalue weighted by Gasteiger charge is -2.28. The fourth-order valence-corrected chi connectivity index (χ4v) is 2.81. The predicted molar refractivity (Wildman–Crippen MR) is 87.5 cm³/mol. The van der Waals surface area contributed by atoms with Crippen LogP contribution in [0.3, 0.4) is 0 Å². The Labute approximate surface area is 134 Å². The topological polar surface area (TPSA) is 41.6 Å². The monoisotopic (exact) mass is 300 g/mol. The molecule has 1 aliphatic rings. The first-order chi connectivity index (χ1) is 10.6. The molecule has 0 saturated heterocycles. The van der Waals surface area contributed by atoms with E-state index in [0.717, 1.165) is 13.0 Å².